The van der Waals surface area contributed by atoms with Crippen molar-refractivity contribution in [1.29, 1.82) is 0 Å². The number of hydrogen-bond donors (Lipinski definition) is 2. The van der Waals surface area contributed by atoms with Crippen molar-refractivity contribution in [3.63, 3.8) is 0 Å². The number of rotatable bonds is 4. The first-order valence-corrected chi connectivity index (χ1v) is 6.63. The van der Waals surface area contributed by atoms with Gasteiger partial charge in [0.05, 0.1) is 0 Å². The molecule has 5 nitrogen and oxygen atoms in total. The van der Waals surface area contributed by atoms with Crippen LogP contribution in [0.1, 0.15) is 12.8 Å². The summed E-state index contributed by atoms with van der Waals surface area (Å²) in [6.07, 6.45) is 2.18. The van der Waals surface area contributed by atoms with Gasteiger partial charge in [0.25, 0.3) is 5.91 Å². The molecule has 2 rings (SSSR count). The number of carbonyl (C=O) groups is 1. The molecule has 1 aromatic rings. The monoisotopic (exact) mass is 279 g/mol. The third-order valence-electron chi connectivity index (χ3n) is 2.94. The second-order valence-corrected chi connectivity index (χ2v) is 4.83. The SMILES string of the molecule is NC(=S)Nc1ccc(OCC(=O)N2CCCC2)cc1. The van der Waals surface area contributed by atoms with Gasteiger partial charge < -0.3 is 20.7 Å². The zero-order valence-corrected chi connectivity index (χ0v) is 11.4. The summed E-state index contributed by atoms with van der Waals surface area (Å²) in [5.41, 5.74) is 6.17. The molecule has 0 radical (unpaired) electrons. The van der Waals surface area contributed by atoms with Gasteiger partial charge in [-0.2, -0.15) is 0 Å². The van der Waals surface area contributed by atoms with Gasteiger partial charge in [-0.15, -0.1) is 0 Å². The number of amides is 1. The van der Waals surface area contributed by atoms with Gasteiger partial charge in [0.1, 0.15) is 5.75 Å². The second-order valence-electron chi connectivity index (χ2n) is 4.39. The molecular formula is C13H17N3O2S. The first-order valence-electron chi connectivity index (χ1n) is 6.22. The fraction of sp³-hybridized carbons (Fsp3) is 0.385. The molecule has 0 saturated carbocycles. The lowest BCUT2D eigenvalue weighted by atomic mass is 10.3. The summed E-state index contributed by atoms with van der Waals surface area (Å²) < 4.78 is 5.46. The first-order chi connectivity index (χ1) is 9.15. The van der Waals surface area contributed by atoms with E-state index in [1.807, 2.05) is 4.90 Å². The number of nitrogens with two attached hydrogens (primary N) is 1. The van der Waals surface area contributed by atoms with E-state index in [-0.39, 0.29) is 17.6 Å². The molecule has 3 N–H and O–H groups in total. The van der Waals surface area contributed by atoms with Gasteiger partial charge in [-0.3, -0.25) is 4.79 Å². The molecule has 1 fully saturated rings. The van der Waals surface area contributed by atoms with Crippen LogP contribution in [0.15, 0.2) is 24.3 Å². The lowest BCUT2D eigenvalue weighted by Crippen LogP contribution is -2.32. The van der Waals surface area contributed by atoms with Crippen LogP contribution in [0.3, 0.4) is 0 Å². The first kappa shape index (κ1) is 13.6. The molecule has 0 spiro atoms. The van der Waals surface area contributed by atoms with E-state index in [1.54, 1.807) is 24.3 Å². The minimum Gasteiger partial charge on any atom is -0.484 e. The van der Waals surface area contributed by atoms with Crippen LogP contribution in [-0.2, 0) is 4.79 Å². The van der Waals surface area contributed by atoms with Crippen LogP contribution in [0.4, 0.5) is 5.69 Å². The van der Waals surface area contributed by atoms with E-state index in [0.29, 0.717) is 5.75 Å². The highest BCUT2D eigenvalue weighted by molar-refractivity contribution is 7.80. The number of hydrogen-bond acceptors (Lipinski definition) is 3. The van der Waals surface area contributed by atoms with Gasteiger partial charge in [-0.1, -0.05) is 0 Å². The smallest absolute Gasteiger partial charge is 0.260 e. The average molecular weight is 279 g/mol. The van der Waals surface area contributed by atoms with Crippen LogP contribution in [0.2, 0.25) is 0 Å². The number of benzene rings is 1. The summed E-state index contributed by atoms with van der Waals surface area (Å²) in [4.78, 5) is 13.6. The van der Waals surface area contributed by atoms with Gasteiger partial charge in [0.15, 0.2) is 11.7 Å². The normalized spacial score (nSPS) is 14.2. The summed E-state index contributed by atoms with van der Waals surface area (Å²) in [5, 5.41) is 3.04. The summed E-state index contributed by atoms with van der Waals surface area (Å²) in [7, 11) is 0. The number of nitrogens with one attached hydrogen (secondary N) is 1. The molecule has 1 saturated heterocycles. The zero-order valence-electron chi connectivity index (χ0n) is 10.6. The van der Waals surface area contributed by atoms with Crippen molar-refractivity contribution in [1.82, 2.24) is 4.90 Å². The molecule has 0 aromatic heterocycles. The molecule has 102 valence electrons. The standard InChI is InChI=1S/C13H17N3O2S/c14-13(19)15-10-3-5-11(6-4-10)18-9-12(17)16-7-1-2-8-16/h3-6H,1-2,7-9H2,(H3,14,15,19). The molecule has 0 atom stereocenters. The highest BCUT2D eigenvalue weighted by atomic mass is 32.1. The van der Waals surface area contributed by atoms with Gasteiger partial charge in [-0.05, 0) is 49.3 Å². The molecule has 1 aliphatic heterocycles. The summed E-state index contributed by atoms with van der Waals surface area (Å²) in [6.45, 7) is 1.78. The Morgan fingerprint density at radius 1 is 1.32 bits per heavy atom. The molecule has 0 aliphatic carbocycles. The Labute approximate surface area is 117 Å². The van der Waals surface area contributed by atoms with Crippen LogP contribution in [0.5, 0.6) is 5.75 Å². The molecule has 0 unspecified atom stereocenters. The number of nitrogens with zero attached hydrogens (tertiary/aromatic N) is 1. The van der Waals surface area contributed by atoms with E-state index in [4.69, 9.17) is 22.7 Å². The van der Waals surface area contributed by atoms with Crippen molar-refractivity contribution in [2.24, 2.45) is 5.73 Å². The summed E-state index contributed by atoms with van der Waals surface area (Å²) in [5.74, 6) is 0.698. The van der Waals surface area contributed by atoms with Crippen LogP contribution in [0, 0.1) is 0 Å². The third-order valence-corrected chi connectivity index (χ3v) is 3.04. The molecular weight excluding hydrogens is 262 g/mol. The van der Waals surface area contributed by atoms with Crippen molar-refractivity contribution < 1.29 is 9.53 Å². The maximum Gasteiger partial charge on any atom is 0.260 e. The third kappa shape index (κ3) is 4.10. The largest absolute Gasteiger partial charge is 0.484 e. The van der Waals surface area contributed by atoms with E-state index in [0.717, 1.165) is 31.6 Å². The number of thiocarbonyl (C=S) groups is 1. The number of anilines is 1. The highest BCUT2D eigenvalue weighted by Gasteiger charge is 2.17. The lowest BCUT2D eigenvalue weighted by molar-refractivity contribution is -0.132. The number of likely N-dealkylation sites (tertiary alicyclic amines) is 1. The van der Waals surface area contributed by atoms with Crippen LogP contribution >= 0.6 is 12.2 Å². The Kier molecular flexibility index (Phi) is 4.57. The maximum absolute atomic E-state index is 11.8. The Morgan fingerprint density at radius 2 is 1.95 bits per heavy atom. The predicted molar refractivity (Wildman–Crippen MR) is 78.2 cm³/mol. The predicted octanol–water partition coefficient (Wildman–Crippen LogP) is 1.34. The maximum atomic E-state index is 11.8. The quantitative estimate of drug-likeness (QED) is 0.814. The Balaban J connectivity index is 1.82. The average Bonchev–Trinajstić information content (AvgIpc) is 2.91. The molecule has 0 bridgehead atoms. The van der Waals surface area contributed by atoms with E-state index in [1.165, 1.54) is 0 Å². The minimum absolute atomic E-state index is 0.0443. The van der Waals surface area contributed by atoms with E-state index in [2.05, 4.69) is 5.32 Å². The minimum atomic E-state index is 0.0443. The van der Waals surface area contributed by atoms with Crippen molar-refractivity contribution in [3.05, 3.63) is 24.3 Å². The second kappa shape index (κ2) is 6.38. The number of carbonyl (C=O) groups excluding carboxylic acids is 1. The summed E-state index contributed by atoms with van der Waals surface area (Å²) >= 11 is 4.74. The van der Waals surface area contributed by atoms with E-state index < -0.39 is 0 Å². The van der Waals surface area contributed by atoms with Gasteiger partial charge in [0.2, 0.25) is 0 Å². The molecule has 1 heterocycles. The molecule has 19 heavy (non-hydrogen) atoms. The zero-order chi connectivity index (χ0) is 13.7. The Hall–Kier alpha value is -1.82. The fourth-order valence-electron chi connectivity index (χ4n) is 1.98. The van der Waals surface area contributed by atoms with Crippen LogP contribution < -0.4 is 15.8 Å². The van der Waals surface area contributed by atoms with Gasteiger partial charge >= 0.3 is 0 Å². The molecule has 1 amide bonds. The van der Waals surface area contributed by atoms with E-state index >= 15 is 0 Å². The van der Waals surface area contributed by atoms with Gasteiger partial charge in [-0.25, -0.2) is 0 Å². The molecule has 6 heteroatoms. The lowest BCUT2D eigenvalue weighted by Gasteiger charge is -2.15. The van der Waals surface area contributed by atoms with Crippen molar-refractivity contribution in [2.75, 3.05) is 25.0 Å². The van der Waals surface area contributed by atoms with Crippen LogP contribution in [0.25, 0.3) is 0 Å². The number of ether oxygens (including phenoxy) is 1. The summed E-state index contributed by atoms with van der Waals surface area (Å²) in [6, 6.07) is 7.15. The molecule has 1 aliphatic rings. The van der Waals surface area contributed by atoms with Gasteiger partial charge in [0, 0.05) is 18.8 Å². The van der Waals surface area contributed by atoms with Crippen molar-refractivity contribution in [2.45, 2.75) is 12.8 Å². The highest BCUT2D eigenvalue weighted by Crippen LogP contribution is 2.16. The van der Waals surface area contributed by atoms with Crippen molar-refractivity contribution >= 4 is 28.9 Å². The van der Waals surface area contributed by atoms with E-state index in [9.17, 15) is 4.79 Å². The molecule has 1 aromatic carbocycles. The topological polar surface area (TPSA) is 67.6 Å². The Morgan fingerprint density at radius 3 is 2.53 bits per heavy atom. The van der Waals surface area contributed by atoms with Crippen molar-refractivity contribution in [3.8, 4) is 5.75 Å². The van der Waals surface area contributed by atoms with Crippen LogP contribution in [-0.4, -0.2) is 35.6 Å². The Bertz CT molecular complexity index is 455. The fourth-order valence-corrected chi connectivity index (χ4v) is 2.10.